The summed E-state index contributed by atoms with van der Waals surface area (Å²) in [5.74, 6) is -0.764. The van der Waals surface area contributed by atoms with Gasteiger partial charge in [0.25, 0.3) is 0 Å². The van der Waals surface area contributed by atoms with Gasteiger partial charge in [-0.05, 0) is 13.0 Å². The molecule has 0 unspecified atom stereocenters. The van der Waals surface area contributed by atoms with E-state index in [4.69, 9.17) is 5.11 Å². The van der Waals surface area contributed by atoms with Crippen molar-refractivity contribution in [3.63, 3.8) is 0 Å². The molecule has 3 heteroatoms. The lowest BCUT2D eigenvalue weighted by atomic mass is 10.0. The SMILES string of the molecule is CCCCCCCCCCCCCCCNCC(=O)O. The van der Waals surface area contributed by atoms with E-state index in [1.807, 2.05) is 0 Å². The lowest BCUT2D eigenvalue weighted by Crippen LogP contribution is -2.23. The molecule has 0 radical (unpaired) electrons. The molecule has 20 heavy (non-hydrogen) atoms. The molecule has 0 spiro atoms. The second-order valence-electron chi connectivity index (χ2n) is 5.81. The van der Waals surface area contributed by atoms with Crippen LogP contribution in [0.5, 0.6) is 0 Å². The van der Waals surface area contributed by atoms with E-state index in [9.17, 15) is 4.79 Å². The van der Waals surface area contributed by atoms with Crippen LogP contribution >= 0.6 is 0 Å². The van der Waals surface area contributed by atoms with E-state index in [1.165, 1.54) is 77.0 Å². The Balaban J connectivity index is 2.94. The first-order valence-electron chi connectivity index (χ1n) is 8.70. The van der Waals surface area contributed by atoms with Crippen molar-refractivity contribution in [2.45, 2.75) is 90.4 Å². The standard InChI is InChI=1S/C17H35NO2/c1-2-3-4-5-6-7-8-9-10-11-12-13-14-15-18-16-17(19)20/h18H,2-16H2,1H3,(H,19,20). The minimum Gasteiger partial charge on any atom is -0.480 e. The summed E-state index contributed by atoms with van der Waals surface area (Å²) < 4.78 is 0. The van der Waals surface area contributed by atoms with Gasteiger partial charge in [-0.1, -0.05) is 84.0 Å². The van der Waals surface area contributed by atoms with E-state index < -0.39 is 5.97 Å². The minimum absolute atomic E-state index is 0.0955. The zero-order valence-electron chi connectivity index (χ0n) is 13.5. The number of carboxylic acid groups (broad SMARTS) is 1. The molecule has 120 valence electrons. The second-order valence-corrected chi connectivity index (χ2v) is 5.81. The Morgan fingerprint density at radius 1 is 0.750 bits per heavy atom. The van der Waals surface area contributed by atoms with Crippen molar-refractivity contribution < 1.29 is 9.90 Å². The lowest BCUT2D eigenvalue weighted by molar-refractivity contribution is -0.135. The van der Waals surface area contributed by atoms with Gasteiger partial charge in [-0.15, -0.1) is 0 Å². The first kappa shape index (κ1) is 19.4. The van der Waals surface area contributed by atoms with Gasteiger partial charge in [0.1, 0.15) is 0 Å². The van der Waals surface area contributed by atoms with E-state index in [0.29, 0.717) is 0 Å². The molecule has 0 aliphatic carbocycles. The molecule has 0 aromatic heterocycles. The molecular weight excluding hydrogens is 250 g/mol. The molecule has 0 aromatic rings. The molecule has 0 aliphatic rings. The van der Waals surface area contributed by atoms with Crippen LogP contribution in [0.3, 0.4) is 0 Å². The third-order valence-electron chi connectivity index (χ3n) is 3.73. The van der Waals surface area contributed by atoms with Crippen LogP contribution < -0.4 is 5.32 Å². The first-order valence-corrected chi connectivity index (χ1v) is 8.70. The average Bonchev–Trinajstić information content (AvgIpc) is 2.43. The maximum absolute atomic E-state index is 10.3. The highest BCUT2D eigenvalue weighted by molar-refractivity contribution is 5.68. The largest absolute Gasteiger partial charge is 0.480 e. The molecule has 0 rings (SSSR count). The Labute approximate surface area is 125 Å². The Kier molecular flexibility index (Phi) is 16.0. The van der Waals surface area contributed by atoms with Crippen molar-refractivity contribution in [1.82, 2.24) is 5.32 Å². The molecular formula is C17H35NO2. The number of aliphatic carboxylic acids is 1. The Hall–Kier alpha value is -0.570. The zero-order valence-corrected chi connectivity index (χ0v) is 13.5. The van der Waals surface area contributed by atoms with Gasteiger partial charge in [0.2, 0.25) is 0 Å². The van der Waals surface area contributed by atoms with E-state index in [2.05, 4.69) is 12.2 Å². The number of unbranched alkanes of at least 4 members (excludes halogenated alkanes) is 12. The maximum atomic E-state index is 10.3. The topological polar surface area (TPSA) is 49.3 Å². The molecule has 0 bridgehead atoms. The summed E-state index contributed by atoms with van der Waals surface area (Å²) in [6.45, 7) is 3.20. The summed E-state index contributed by atoms with van der Waals surface area (Å²) in [4.78, 5) is 10.3. The molecule has 0 amide bonds. The molecule has 0 saturated carbocycles. The van der Waals surface area contributed by atoms with Crippen molar-refractivity contribution >= 4 is 5.97 Å². The van der Waals surface area contributed by atoms with E-state index in [0.717, 1.165) is 13.0 Å². The lowest BCUT2D eigenvalue weighted by Gasteiger charge is -2.03. The molecule has 0 atom stereocenters. The molecule has 0 aromatic carbocycles. The number of hydrogen-bond acceptors (Lipinski definition) is 2. The normalized spacial score (nSPS) is 10.8. The molecule has 0 fully saturated rings. The molecule has 0 saturated heterocycles. The van der Waals surface area contributed by atoms with Crippen LogP contribution in [0.25, 0.3) is 0 Å². The number of carboxylic acids is 1. The third kappa shape index (κ3) is 17.4. The van der Waals surface area contributed by atoms with Crippen molar-refractivity contribution in [3.8, 4) is 0 Å². The number of hydrogen-bond donors (Lipinski definition) is 2. The predicted molar refractivity (Wildman–Crippen MR) is 86.2 cm³/mol. The summed E-state index contributed by atoms with van der Waals surface area (Å²) in [5.41, 5.74) is 0. The van der Waals surface area contributed by atoms with Crippen LogP contribution in [-0.4, -0.2) is 24.2 Å². The van der Waals surface area contributed by atoms with Crippen LogP contribution in [0.4, 0.5) is 0 Å². The quantitative estimate of drug-likeness (QED) is 0.402. The van der Waals surface area contributed by atoms with Crippen molar-refractivity contribution in [3.05, 3.63) is 0 Å². The third-order valence-corrected chi connectivity index (χ3v) is 3.73. The van der Waals surface area contributed by atoms with Gasteiger partial charge in [-0.2, -0.15) is 0 Å². The molecule has 3 nitrogen and oxygen atoms in total. The van der Waals surface area contributed by atoms with Crippen LogP contribution in [-0.2, 0) is 4.79 Å². The Bertz CT molecular complexity index is 207. The Morgan fingerprint density at radius 2 is 1.15 bits per heavy atom. The fraction of sp³-hybridized carbons (Fsp3) is 0.941. The number of carbonyl (C=O) groups is 1. The summed E-state index contributed by atoms with van der Waals surface area (Å²) in [6, 6.07) is 0. The van der Waals surface area contributed by atoms with Gasteiger partial charge in [0.05, 0.1) is 6.54 Å². The van der Waals surface area contributed by atoms with Gasteiger partial charge in [0, 0.05) is 0 Å². The minimum atomic E-state index is -0.764. The molecule has 0 aliphatic heterocycles. The summed E-state index contributed by atoms with van der Waals surface area (Å²) in [7, 11) is 0. The Morgan fingerprint density at radius 3 is 1.55 bits per heavy atom. The fourth-order valence-corrected chi connectivity index (χ4v) is 2.46. The van der Waals surface area contributed by atoms with Crippen molar-refractivity contribution in [2.24, 2.45) is 0 Å². The summed E-state index contributed by atoms with van der Waals surface area (Å²) in [6.07, 6.45) is 17.6. The monoisotopic (exact) mass is 285 g/mol. The van der Waals surface area contributed by atoms with E-state index in [-0.39, 0.29) is 6.54 Å². The summed E-state index contributed by atoms with van der Waals surface area (Å²) in [5, 5.41) is 11.4. The van der Waals surface area contributed by atoms with Crippen LogP contribution in [0, 0.1) is 0 Å². The van der Waals surface area contributed by atoms with Gasteiger partial charge in [0.15, 0.2) is 0 Å². The van der Waals surface area contributed by atoms with Crippen LogP contribution in [0.15, 0.2) is 0 Å². The first-order chi connectivity index (χ1) is 9.77. The van der Waals surface area contributed by atoms with Crippen LogP contribution in [0.1, 0.15) is 90.4 Å². The van der Waals surface area contributed by atoms with E-state index >= 15 is 0 Å². The highest BCUT2D eigenvalue weighted by Crippen LogP contribution is 2.12. The van der Waals surface area contributed by atoms with E-state index in [1.54, 1.807) is 0 Å². The number of rotatable bonds is 16. The van der Waals surface area contributed by atoms with Gasteiger partial charge < -0.3 is 10.4 Å². The smallest absolute Gasteiger partial charge is 0.317 e. The highest BCUT2D eigenvalue weighted by atomic mass is 16.4. The molecule has 0 heterocycles. The predicted octanol–water partition coefficient (Wildman–Crippen LogP) is 4.75. The summed E-state index contributed by atoms with van der Waals surface area (Å²) >= 11 is 0. The average molecular weight is 285 g/mol. The molecule has 2 N–H and O–H groups in total. The number of nitrogens with one attached hydrogen (secondary N) is 1. The highest BCUT2D eigenvalue weighted by Gasteiger charge is 1.95. The zero-order chi connectivity index (χ0) is 14.9. The maximum Gasteiger partial charge on any atom is 0.317 e. The van der Waals surface area contributed by atoms with Crippen molar-refractivity contribution in [1.29, 1.82) is 0 Å². The van der Waals surface area contributed by atoms with Crippen molar-refractivity contribution in [2.75, 3.05) is 13.1 Å². The van der Waals surface area contributed by atoms with Gasteiger partial charge >= 0.3 is 5.97 Å². The fourth-order valence-electron chi connectivity index (χ4n) is 2.46. The van der Waals surface area contributed by atoms with Crippen LogP contribution in [0.2, 0.25) is 0 Å². The van der Waals surface area contributed by atoms with Gasteiger partial charge in [-0.25, -0.2) is 0 Å². The van der Waals surface area contributed by atoms with Gasteiger partial charge in [-0.3, -0.25) is 4.79 Å². The second kappa shape index (κ2) is 16.5.